The smallest absolute Gasteiger partial charge is 0.195 e. The van der Waals surface area contributed by atoms with E-state index in [1.54, 1.807) is 61.0 Å². The van der Waals surface area contributed by atoms with Crippen LogP contribution in [0.5, 0.6) is 0 Å². The summed E-state index contributed by atoms with van der Waals surface area (Å²) in [6.07, 6.45) is 11.6. The van der Waals surface area contributed by atoms with Crippen LogP contribution in [-0.2, 0) is 9.84 Å². The Kier molecular flexibility index (Phi) is 8.89. The SMILES string of the molecule is CC.CS(=O)(=O)C1=CC=C(SNc2ccc(Cl)cc2C(=O)c2ccncc2)C=CC1. The number of sulfone groups is 1. The molecule has 0 bridgehead atoms. The Morgan fingerprint density at radius 2 is 1.83 bits per heavy atom. The maximum atomic E-state index is 12.8. The van der Waals surface area contributed by atoms with Crippen molar-refractivity contribution in [2.24, 2.45) is 0 Å². The molecule has 1 aromatic carbocycles. The minimum Gasteiger partial charge on any atom is -0.325 e. The van der Waals surface area contributed by atoms with Gasteiger partial charge in [-0.15, -0.1) is 0 Å². The summed E-state index contributed by atoms with van der Waals surface area (Å²) >= 11 is 7.38. The average molecular weight is 463 g/mol. The molecule has 0 saturated heterocycles. The molecule has 1 heterocycles. The Hall–Kier alpha value is -2.35. The summed E-state index contributed by atoms with van der Waals surface area (Å²) in [4.78, 5) is 17.9. The number of carbonyl (C=O) groups is 1. The van der Waals surface area contributed by atoms with Gasteiger partial charge in [0, 0.05) is 51.0 Å². The number of benzene rings is 1. The summed E-state index contributed by atoms with van der Waals surface area (Å²) in [6, 6.07) is 8.35. The third kappa shape index (κ3) is 6.58. The van der Waals surface area contributed by atoms with E-state index in [-0.39, 0.29) is 5.78 Å². The zero-order chi connectivity index (χ0) is 22.1. The van der Waals surface area contributed by atoms with Crippen molar-refractivity contribution in [1.82, 2.24) is 4.98 Å². The summed E-state index contributed by atoms with van der Waals surface area (Å²) < 4.78 is 26.6. The molecule has 1 aliphatic rings. The lowest BCUT2D eigenvalue weighted by Crippen LogP contribution is -2.05. The molecule has 1 N–H and O–H groups in total. The summed E-state index contributed by atoms with van der Waals surface area (Å²) in [6.45, 7) is 4.00. The number of nitrogens with zero attached hydrogens (tertiary/aromatic N) is 1. The molecule has 158 valence electrons. The van der Waals surface area contributed by atoms with Crippen LogP contribution in [-0.4, -0.2) is 25.4 Å². The minimum absolute atomic E-state index is 0.169. The molecule has 0 spiro atoms. The van der Waals surface area contributed by atoms with Crippen molar-refractivity contribution in [3.8, 4) is 0 Å². The van der Waals surface area contributed by atoms with E-state index in [1.165, 1.54) is 18.2 Å². The van der Waals surface area contributed by atoms with Gasteiger partial charge >= 0.3 is 0 Å². The second kappa shape index (κ2) is 11.2. The maximum absolute atomic E-state index is 12.8. The first-order valence-corrected chi connectivity index (χ1v) is 12.4. The third-order valence-electron chi connectivity index (χ3n) is 3.96. The van der Waals surface area contributed by atoms with Gasteiger partial charge in [0.2, 0.25) is 0 Å². The predicted molar refractivity (Wildman–Crippen MR) is 126 cm³/mol. The second-order valence-corrected chi connectivity index (χ2v) is 9.42. The lowest BCUT2D eigenvalue weighted by atomic mass is 10.0. The fourth-order valence-electron chi connectivity index (χ4n) is 2.50. The summed E-state index contributed by atoms with van der Waals surface area (Å²) in [5, 5.41) is 0.460. The van der Waals surface area contributed by atoms with Gasteiger partial charge in [-0.1, -0.05) is 37.6 Å². The Morgan fingerprint density at radius 1 is 1.13 bits per heavy atom. The quantitative estimate of drug-likeness (QED) is 0.430. The first-order chi connectivity index (χ1) is 14.3. The van der Waals surface area contributed by atoms with Crippen molar-refractivity contribution >= 4 is 44.9 Å². The highest BCUT2D eigenvalue weighted by atomic mass is 35.5. The van der Waals surface area contributed by atoms with Gasteiger partial charge in [-0.25, -0.2) is 8.42 Å². The molecule has 30 heavy (non-hydrogen) atoms. The van der Waals surface area contributed by atoms with Gasteiger partial charge in [0.15, 0.2) is 15.6 Å². The van der Waals surface area contributed by atoms with Crippen LogP contribution in [0.1, 0.15) is 36.2 Å². The van der Waals surface area contributed by atoms with Crippen molar-refractivity contribution in [3.05, 3.63) is 93.0 Å². The van der Waals surface area contributed by atoms with E-state index in [9.17, 15) is 13.2 Å². The molecule has 0 fully saturated rings. The number of aromatic nitrogens is 1. The van der Waals surface area contributed by atoms with Gasteiger partial charge < -0.3 is 4.72 Å². The van der Waals surface area contributed by atoms with Crippen molar-refractivity contribution in [3.63, 3.8) is 0 Å². The molecule has 0 unspecified atom stereocenters. The Balaban J connectivity index is 0.00000155. The fraction of sp³-hybridized carbons (Fsp3) is 0.182. The van der Waals surface area contributed by atoms with Gasteiger partial charge in [-0.2, -0.15) is 0 Å². The summed E-state index contributed by atoms with van der Waals surface area (Å²) in [5.74, 6) is -0.169. The van der Waals surface area contributed by atoms with Crippen molar-refractivity contribution in [2.45, 2.75) is 20.3 Å². The number of allylic oxidation sites excluding steroid dienone is 5. The van der Waals surface area contributed by atoms with Crippen LogP contribution in [0.2, 0.25) is 5.02 Å². The molecule has 3 rings (SSSR count). The number of nitrogens with one attached hydrogen (secondary N) is 1. The molecule has 0 amide bonds. The summed E-state index contributed by atoms with van der Waals surface area (Å²) in [7, 11) is -3.22. The first-order valence-electron chi connectivity index (χ1n) is 9.29. The number of rotatable bonds is 6. The normalized spacial score (nSPS) is 13.3. The van der Waals surface area contributed by atoms with Gasteiger partial charge in [-0.3, -0.25) is 9.78 Å². The van der Waals surface area contributed by atoms with Crippen LogP contribution >= 0.6 is 23.5 Å². The van der Waals surface area contributed by atoms with E-state index in [1.807, 2.05) is 19.9 Å². The van der Waals surface area contributed by atoms with E-state index >= 15 is 0 Å². The molecule has 2 aromatic rings. The van der Waals surface area contributed by atoms with Crippen molar-refractivity contribution in [2.75, 3.05) is 11.0 Å². The van der Waals surface area contributed by atoms with E-state index in [4.69, 9.17) is 11.6 Å². The van der Waals surface area contributed by atoms with E-state index in [0.29, 0.717) is 33.2 Å². The molecule has 1 aliphatic carbocycles. The Bertz CT molecular complexity index is 1090. The fourth-order valence-corrected chi connectivity index (χ4v) is 4.09. The number of pyridine rings is 1. The standard InChI is InChI=1S/C20H17ClN2O3S2.C2H6/c1-28(25,26)17-4-2-3-16(6-7-17)27-23-19-8-5-15(21)13-18(19)20(24)14-9-11-22-12-10-14;1-2/h2-3,5-13,23H,4H2,1H3;1-2H3. The number of anilines is 1. The molecule has 0 atom stereocenters. The zero-order valence-corrected chi connectivity index (χ0v) is 19.3. The maximum Gasteiger partial charge on any atom is 0.195 e. The Labute approximate surface area is 187 Å². The molecule has 0 saturated carbocycles. The molecule has 0 radical (unpaired) electrons. The lowest BCUT2D eigenvalue weighted by Gasteiger charge is -2.11. The molecular weight excluding hydrogens is 440 g/mol. The summed E-state index contributed by atoms with van der Waals surface area (Å²) in [5.41, 5.74) is 1.57. The number of carbonyl (C=O) groups excluding carboxylic acids is 1. The van der Waals surface area contributed by atoms with Gasteiger partial charge in [0.05, 0.1) is 5.69 Å². The number of hydrogen-bond acceptors (Lipinski definition) is 6. The Morgan fingerprint density at radius 3 is 2.50 bits per heavy atom. The van der Waals surface area contributed by atoms with Crippen LogP contribution in [0, 0.1) is 0 Å². The van der Waals surface area contributed by atoms with Gasteiger partial charge in [-0.05, 0) is 54.4 Å². The number of halogens is 1. The molecule has 1 aromatic heterocycles. The molecule has 8 heteroatoms. The van der Waals surface area contributed by atoms with E-state index in [2.05, 4.69) is 9.71 Å². The second-order valence-electron chi connectivity index (χ2n) is 6.04. The number of ketones is 1. The zero-order valence-electron chi connectivity index (χ0n) is 16.9. The van der Waals surface area contributed by atoms with Crippen molar-refractivity contribution < 1.29 is 13.2 Å². The predicted octanol–water partition coefficient (Wildman–Crippen LogP) is 5.82. The third-order valence-corrected chi connectivity index (χ3v) is 6.28. The highest BCUT2D eigenvalue weighted by molar-refractivity contribution is 8.04. The van der Waals surface area contributed by atoms with Crippen LogP contribution in [0.15, 0.2) is 76.8 Å². The average Bonchev–Trinajstić information content (AvgIpc) is 3.00. The van der Waals surface area contributed by atoms with E-state index in [0.717, 1.165) is 4.91 Å². The van der Waals surface area contributed by atoms with Gasteiger partial charge in [0.25, 0.3) is 0 Å². The van der Waals surface area contributed by atoms with Crippen molar-refractivity contribution in [1.29, 1.82) is 0 Å². The highest BCUT2D eigenvalue weighted by Crippen LogP contribution is 2.29. The molecule has 5 nitrogen and oxygen atoms in total. The van der Waals surface area contributed by atoms with Gasteiger partial charge in [0.1, 0.15) is 0 Å². The van der Waals surface area contributed by atoms with Crippen LogP contribution in [0.4, 0.5) is 5.69 Å². The van der Waals surface area contributed by atoms with Crippen LogP contribution in [0.25, 0.3) is 0 Å². The number of hydrogen-bond donors (Lipinski definition) is 1. The highest BCUT2D eigenvalue weighted by Gasteiger charge is 2.15. The largest absolute Gasteiger partial charge is 0.325 e. The molecular formula is C22H23ClN2O3S2. The minimum atomic E-state index is -3.22. The van der Waals surface area contributed by atoms with Crippen LogP contribution < -0.4 is 4.72 Å². The first kappa shape index (κ1) is 23.9. The van der Waals surface area contributed by atoms with E-state index < -0.39 is 9.84 Å². The molecule has 0 aliphatic heterocycles. The van der Waals surface area contributed by atoms with Crippen LogP contribution in [0.3, 0.4) is 0 Å². The monoisotopic (exact) mass is 462 g/mol. The lowest BCUT2D eigenvalue weighted by molar-refractivity contribution is 0.103. The topological polar surface area (TPSA) is 76.1 Å².